The number of furan rings is 1. The Morgan fingerprint density at radius 2 is 2.06 bits per heavy atom. The predicted molar refractivity (Wildman–Crippen MR) is 72.7 cm³/mol. The zero-order valence-corrected chi connectivity index (χ0v) is 11.5. The molecule has 2 rings (SSSR count). The molecule has 1 heterocycles. The van der Waals surface area contributed by atoms with E-state index in [0.717, 1.165) is 33.7 Å². The number of hydrogen-bond donors (Lipinski definition) is 1. The average molecular weight is 252 g/mol. The van der Waals surface area contributed by atoms with Crippen LogP contribution in [-0.2, 0) is 6.54 Å². The topological polar surface area (TPSA) is 25.2 Å². The Morgan fingerprint density at radius 1 is 1.35 bits per heavy atom. The summed E-state index contributed by atoms with van der Waals surface area (Å²) in [6.45, 7) is 9.12. The molecule has 92 valence electrons. The summed E-state index contributed by atoms with van der Waals surface area (Å²) >= 11 is 6.29. The molecule has 0 bridgehead atoms. The van der Waals surface area contributed by atoms with Crippen LogP contribution < -0.4 is 5.32 Å². The van der Waals surface area contributed by atoms with E-state index in [1.807, 2.05) is 26.2 Å². The van der Waals surface area contributed by atoms with Gasteiger partial charge in [0.2, 0.25) is 0 Å². The lowest BCUT2D eigenvalue weighted by Gasteiger charge is -2.08. The number of rotatable bonds is 3. The third-order valence-electron chi connectivity index (χ3n) is 2.99. The molecular formula is C14H18ClNO. The quantitative estimate of drug-likeness (QED) is 0.884. The first-order valence-electron chi connectivity index (χ1n) is 5.90. The SMILES string of the molecule is Cc1cc2occ(CNC(C)C)c2c(C)c1Cl. The average Bonchev–Trinajstić information content (AvgIpc) is 2.66. The minimum atomic E-state index is 0.459. The molecule has 0 saturated heterocycles. The van der Waals surface area contributed by atoms with Crippen molar-refractivity contribution in [2.24, 2.45) is 0 Å². The molecular weight excluding hydrogens is 234 g/mol. The standard InChI is InChI=1S/C14H18ClNO/c1-8(2)16-6-11-7-17-12-5-9(3)14(15)10(4)13(11)12/h5,7-8,16H,6H2,1-4H3. The molecule has 2 nitrogen and oxygen atoms in total. The zero-order valence-electron chi connectivity index (χ0n) is 10.7. The summed E-state index contributed by atoms with van der Waals surface area (Å²) in [7, 11) is 0. The van der Waals surface area contributed by atoms with Crippen LogP contribution in [-0.4, -0.2) is 6.04 Å². The van der Waals surface area contributed by atoms with Crippen LogP contribution in [0.3, 0.4) is 0 Å². The Morgan fingerprint density at radius 3 is 2.71 bits per heavy atom. The number of hydrogen-bond acceptors (Lipinski definition) is 2. The van der Waals surface area contributed by atoms with Gasteiger partial charge in [-0.25, -0.2) is 0 Å². The molecule has 0 saturated carbocycles. The fourth-order valence-electron chi connectivity index (χ4n) is 2.05. The normalized spacial score (nSPS) is 11.6. The molecule has 0 aliphatic heterocycles. The van der Waals surface area contributed by atoms with Crippen molar-refractivity contribution in [3.8, 4) is 0 Å². The third-order valence-corrected chi connectivity index (χ3v) is 3.58. The molecule has 0 amide bonds. The van der Waals surface area contributed by atoms with Gasteiger partial charge in [-0.3, -0.25) is 0 Å². The summed E-state index contributed by atoms with van der Waals surface area (Å²) in [5.74, 6) is 0. The molecule has 0 aliphatic carbocycles. The van der Waals surface area contributed by atoms with Gasteiger partial charge in [0, 0.05) is 28.6 Å². The van der Waals surface area contributed by atoms with Crippen molar-refractivity contribution >= 4 is 22.6 Å². The van der Waals surface area contributed by atoms with E-state index in [1.165, 1.54) is 5.56 Å². The van der Waals surface area contributed by atoms with Crippen LogP contribution in [0.15, 0.2) is 16.7 Å². The highest BCUT2D eigenvalue weighted by Crippen LogP contribution is 2.32. The zero-order chi connectivity index (χ0) is 12.6. The first kappa shape index (κ1) is 12.5. The van der Waals surface area contributed by atoms with Crippen LogP contribution >= 0.6 is 11.6 Å². The Balaban J connectivity index is 2.48. The van der Waals surface area contributed by atoms with Crippen molar-refractivity contribution in [3.05, 3.63) is 34.0 Å². The van der Waals surface area contributed by atoms with Crippen LogP contribution in [0.1, 0.15) is 30.5 Å². The molecule has 0 spiro atoms. The fourth-order valence-corrected chi connectivity index (χ4v) is 2.20. The van der Waals surface area contributed by atoms with Crippen molar-refractivity contribution < 1.29 is 4.42 Å². The van der Waals surface area contributed by atoms with E-state index < -0.39 is 0 Å². The second-order valence-corrected chi connectivity index (χ2v) is 5.18. The van der Waals surface area contributed by atoms with Gasteiger partial charge in [-0.1, -0.05) is 25.4 Å². The van der Waals surface area contributed by atoms with Crippen molar-refractivity contribution in [2.45, 2.75) is 40.3 Å². The molecule has 1 N–H and O–H groups in total. The summed E-state index contributed by atoms with van der Waals surface area (Å²) in [6, 6.07) is 2.46. The number of halogens is 1. The lowest BCUT2D eigenvalue weighted by Crippen LogP contribution is -2.21. The van der Waals surface area contributed by atoms with Gasteiger partial charge in [0.1, 0.15) is 5.58 Å². The van der Waals surface area contributed by atoms with Gasteiger partial charge in [-0.15, -0.1) is 0 Å². The summed E-state index contributed by atoms with van der Waals surface area (Å²) in [6.07, 6.45) is 1.82. The van der Waals surface area contributed by atoms with Crippen LogP contribution in [0.2, 0.25) is 5.02 Å². The molecule has 0 unspecified atom stereocenters. The summed E-state index contributed by atoms with van der Waals surface area (Å²) in [5.41, 5.74) is 4.27. The van der Waals surface area contributed by atoms with Crippen LogP contribution in [0.25, 0.3) is 11.0 Å². The van der Waals surface area contributed by atoms with Crippen LogP contribution in [0, 0.1) is 13.8 Å². The Hall–Kier alpha value is -0.990. The predicted octanol–water partition coefficient (Wildman–Crippen LogP) is 4.20. The minimum absolute atomic E-state index is 0.459. The van der Waals surface area contributed by atoms with E-state index >= 15 is 0 Å². The van der Waals surface area contributed by atoms with Gasteiger partial charge in [0.25, 0.3) is 0 Å². The summed E-state index contributed by atoms with van der Waals surface area (Å²) < 4.78 is 5.60. The van der Waals surface area contributed by atoms with E-state index in [-0.39, 0.29) is 0 Å². The maximum absolute atomic E-state index is 6.29. The van der Waals surface area contributed by atoms with Gasteiger partial charge in [-0.2, -0.15) is 0 Å². The van der Waals surface area contributed by atoms with E-state index in [2.05, 4.69) is 19.2 Å². The van der Waals surface area contributed by atoms with Gasteiger partial charge < -0.3 is 9.73 Å². The van der Waals surface area contributed by atoms with Crippen molar-refractivity contribution in [2.75, 3.05) is 0 Å². The van der Waals surface area contributed by atoms with Crippen molar-refractivity contribution in [1.29, 1.82) is 0 Å². The van der Waals surface area contributed by atoms with E-state index in [9.17, 15) is 0 Å². The Labute approximate surface area is 107 Å². The minimum Gasteiger partial charge on any atom is -0.464 e. The highest BCUT2D eigenvalue weighted by Gasteiger charge is 2.13. The lowest BCUT2D eigenvalue weighted by molar-refractivity contribution is 0.572. The molecule has 3 heteroatoms. The summed E-state index contributed by atoms with van der Waals surface area (Å²) in [5, 5.41) is 5.38. The highest BCUT2D eigenvalue weighted by atomic mass is 35.5. The van der Waals surface area contributed by atoms with Crippen molar-refractivity contribution in [3.63, 3.8) is 0 Å². The molecule has 1 aromatic carbocycles. The molecule has 17 heavy (non-hydrogen) atoms. The second kappa shape index (κ2) is 4.71. The molecule has 1 aromatic heterocycles. The summed E-state index contributed by atoms with van der Waals surface area (Å²) in [4.78, 5) is 0. The first-order chi connectivity index (χ1) is 8.00. The molecule has 0 aliphatic rings. The highest BCUT2D eigenvalue weighted by molar-refractivity contribution is 6.33. The molecule has 0 atom stereocenters. The van der Waals surface area contributed by atoms with Gasteiger partial charge in [-0.05, 0) is 31.0 Å². The Bertz CT molecular complexity index is 543. The van der Waals surface area contributed by atoms with Gasteiger partial charge >= 0.3 is 0 Å². The maximum Gasteiger partial charge on any atom is 0.134 e. The van der Waals surface area contributed by atoms with Crippen LogP contribution in [0.5, 0.6) is 0 Å². The van der Waals surface area contributed by atoms with Gasteiger partial charge in [0.05, 0.1) is 6.26 Å². The van der Waals surface area contributed by atoms with Crippen LogP contribution in [0.4, 0.5) is 0 Å². The molecule has 2 aromatic rings. The smallest absolute Gasteiger partial charge is 0.134 e. The lowest BCUT2D eigenvalue weighted by atomic mass is 10.0. The van der Waals surface area contributed by atoms with E-state index in [0.29, 0.717) is 6.04 Å². The number of aryl methyl sites for hydroxylation is 2. The third kappa shape index (κ3) is 2.33. The Kier molecular flexibility index (Phi) is 3.45. The monoisotopic (exact) mass is 251 g/mol. The number of benzene rings is 1. The second-order valence-electron chi connectivity index (χ2n) is 4.80. The fraction of sp³-hybridized carbons (Fsp3) is 0.429. The molecule has 0 fully saturated rings. The maximum atomic E-state index is 6.29. The largest absolute Gasteiger partial charge is 0.464 e. The van der Waals surface area contributed by atoms with E-state index in [1.54, 1.807) is 0 Å². The van der Waals surface area contributed by atoms with Crippen molar-refractivity contribution in [1.82, 2.24) is 5.32 Å². The number of nitrogens with one attached hydrogen (secondary N) is 1. The number of fused-ring (bicyclic) bond motifs is 1. The molecule has 0 radical (unpaired) electrons. The first-order valence-corrected chi connectivity index (χ1v) is 6.27. The van der Waals surface area contributed by atoms with E-state index in [4.69, 9.17) is 16.0 Å². The van der Waals surface area contributed by atoms with Gasteiger partial charge in [0.15, 0.2) is 0 Å².